The molecule has 1 aromatic heterocycles. The number of thioether (sulfide) groups is 1. The highest BCUT2D eigenvalue weighted by Crippen LogP contribution is 2.23. The molecule has 0 saturated heterocycles. The van der Waals surface area contributed by atoms with E-state index in [0.29, 0.717) is 27.4 Å². The Morgan fingerprint density at radius 2 is 1.64 bits per heavy atom. The number of sulfonamides is 1. The first-order chi connectivity index (χ1) is 20.2. The Kier molecular flexibility index (Phi) is 8.93. The quantitative estimate of drug-likeness (QED) is 0.195. The number of carbonyl (C=O) groups excluding carboxylic acids is 2. The van der Waals surface area contributed by atoms with Crippen LogP contribution >= 0.6 is 11.8 Å². The minimum Gasteiger partial charge on any atom is -0.335 e. The van der Waals surface area contributed by atoms with Crippen molar-refractivity contribution in [3.05, 3.63) is 88.7 Å². The summed E-state index contributed by atoms with van der Waals surface area (Å²) in [6, 6.07) is 19.3. The van der Waals surface area contributed by atoms with Crippen LogP contribution in [0.1, 0.15) is 37.7 Å². The van der Waals surface area contributed by atoms with Crippen molar-refractivity contribution < 1.29 is 18.0 Å². The summed E-state index contributed by atoms with van der Waals surface area (Å²) in [6.45, 7) is 1.96. The molecule has 0 bridgehead atoms. The van der Waals surface area contributed by atoms with Gasteiger partial charge in [-0.15, -0.1) is 0 Å². The zero-order valence-electron chi connectivity index (χ0n) is 23.0. The molecule has 1 aliphatic carbocycles. The molecule has 10 nitrogen and oxygen atoms in total. The molecule has 1 heterocycles. The number of carbonyl (C=O) groups is 2. The van der Waals surface area contributed by atoms with Crippen LogP contribution in [0.3, 0.4) is 0 Å². The van der Waals surface area contributed by atoms with E-state index >= 15 is 0 Å². The van der Waals surface area contributed by atoms with Crippen molar-refractivity contribution in [1.29, 1.82) is 0 Å². The maximum absolute atomic E-state index is 13.4. The predicted molar refractivity (Wildman–Crippen MR) is 164 cm³/mol. The second-order valence-corrected chi connectivity index (χ2v) is 12.8. The van der Waals surface area contributed by atoms with Crippen LogP contribution in [0, 0.1) is 6.92 Å². The molecule has 0 unspecified atom stereocenters. The third-order valence-corrected chi connectivity index (χ3v) is 9.27. The highest BCUT2D eigenvalue weighted by molar-refractivity contribution is 7.99. The van der Waals surface area contributed by atoms with Crippen molar-refractivity contribution in [1.82, 2.24) is 19.6 Å². The van der Waals surface area contributed by atoms with Crippen molar-refractivity contribution in [2.45, 2.75) is 55.1 Å². The van der Waals surface area contributed by atoms with Gasteiger partial charge in [-0.3, -0.25) is 14.2 Å². The molecule has 3 amide bonds. The lowest BCUT2D eigenvalue weighted by atomic mass is 9.96. The number of amides is 3. The van der Waals surface area contributed by atoms with Crippen molar-refractivity contribution in [2.75, 3.05) is 11.1 Å². The Bertz CT molecular complexity index is 1770. The number of fused-ring (bicyclic) bond motifs is 1. The normalized spacial score (nSPS) is 13.9. The average Bonchev–Trinajstić information content (AvgIpc) is 2.97. The molecule has 0 radical (unpaired) electrons. The Morgan fingerprint density at radius 1 is 0.952 bits per heavy atom. The first kappa shape index (κ1) is 29.3. The molecule has 0 aliphatic heterocycles. The fourth-order valence-electron chi connectivity index (χ4n) is 4.82. The van der Waals surface area contributed by atoms with Gasteiger partial charge in [0.1, 0.15) is 0 Å². The second-order valence-electron chi connectivity index (χ2n) is 10.2. The van der Waals surface area contributed by atoms with Gasteiger partial charge in [0, 0.05) is 11.7 Å². The van der Waals surface area contributed by atoms with Gasteiger partial charge in [0.15, 0.2) is 5.16 Å². The van der Waals surface area contributed by atoms with E-state index < -0.39 is 16.1 Å². The number of anilines is 1. The van der Waals surface area contributed by atoms with Crippen LogP contribution in [-0.4, -0.2) is 41.7 Å². The highest BCUT2D eigenvalue weighted by atomic mass is 32.2. The summed E-state index contributed by atoms with van der Waals surface area (Å²) in [5.41, 5.74) is 2.38. The van der Waals surface area contributed by atoms with Crippen LogP contribution in [0.5, 0.6) is 0 Å². The lowest BCUT2D eigenvalue weighted by Gasteiger charge is -2.22. The smallest absolute Gasteiger partial charge is 0.328 e. The van der Waals surface area contributed by atoms with Gasteiger partial charge in [-0.25, -0.2) is 22.9 Å². The van der Waals surface area contributed by atoms with Crippen molar-refractivity contribution in [2.24, 2.45) is 0 Å². The molecular weight excluding hydrogens is 574 g/mol. The molecule has 1 fully saturated rings. The molecule has 1 saturated carbocycles. The molecule has 0 atom stereocenters. The number of rotatable bonds is 8. The first-order valence-corrected chi connectivity index (χ1v) is 16.1. The van der Waals surface area contributed by atoms with Gasteiger partial charge < -0.3 is 10.6 Å². The number of aryl methyl sites for hydroxylation is 1. The molecular formula is C30H31N5O5S2. The van der Waals surface area contributed by atoms with E-state index in [2.05, 4.69) is 20.3 Å². The van der Waals surface area contributed by atoms with Crippen LogP contribution in [0.4, 0.5) is 10.5 Å². The van der Waals surface area contributed by atoms with Gasteiger partial charge in [0.05, 0.1) is 27.2 Å². The molecule has 3 aromatic carbocycles. The number of aromatic nitrogens is 2. The van der Waals surface area contributed by atoms with Crippen LogP contribution in [0.2, 0.25) is 0 Å². The number of nitrogens with one attached hydrogen (secondary N) is 3. The summed E-state index contributed by atoms with van der Waals surface area (Å²) in [4.78, 5) is 43.0. The molecule has 4 aromatic rings. The van der Waals surface area contributed by atoms with Gasteiger partial charge >= 0.3 is 6.03 Å². The summed E-state index contributed by atoms with van der Waals surface area (Å²) in [5, 5.41) is 6.31. The minimum atomic E-state index is -4.08. The fraction of sp³-hybridized carbons (Fsp3) is 0.267. The largest absolute Gasteiger partial charge is 0.335 e. The Labute approximate surface area is 248 Å². The molecule has 0 spiro atoms. The van der Waals surface area contributed by atoms with E-state index in [9.17, 15) is 22.8 Å². The Hall–Kier alpha value is -4.16. The van der Waals surface area contributed by atoms with Crippen molar-refractivity contribution in [3.63, 3.8) is 0 Å². The topological polar surface area (TPSA) is 139 Å². The summed E-state index contributed by atoms with van der Waals surface area (Å²) < 4.78 is 28.9. The van der Waals surface area contributed by atoms with E-state index in [1.807, 2.05) is 31.2 Å². The molecule has 12 heteroatoms. The van der Waals surface area contributed by atoms with Crippen molar-refractivity contribution in [3.8, 4) is 5.69 Å². The monoisotopic (exact) mass is 605 g/mol. The van der Waals surface area contributed by atoms with E-state index in [1.165, 1.54) is 28.8 Å². The van der Waals surface area contributed by atoms with Crippen LogP contribution in [0.25, 0.3) is 16.6 Å². The van der Waals surface area contributed by atoms with Gasteiger partial charge in [0.2, 0.25) is 5.91 Å². The van der Waals surface area contributed by atoms with E-state index in [1.54, 1.807) is 24.3 Å². The lowest BCUT2D eigenvalue weighted by Crippen LogP contribution is -2.45. The number of urea groups is 1. The number of nitrogens with zero attached hydrogens (tertiary/aromatic N) is 2. The summed E-state index contributed by atoms with van der Waals surface area (Å²) >= 11 is 1.12. The summed E-state index contributed by atoms with van der Waals surface area (Å²) in [7, 11) is -4.08. The van der Waals surface area contributed by atoms with Crippen LogP contribution in [-0.2, 0) is 14.8 Å². The van der Waals surface area contributed by atoms with Gasteiger partial charge in [-0.1, -0.05) is 60.9 Å². The number of para-hydroxylation sites is 1. The van der Waals surface area contributed by atoms with Crippen molar-refractivity contribution >= 4 is 50.3 Å². The zero-order chi connectivity index (χ0) is 29.7. The van der Waals surface area contributed by atoms with E-state index in [0.717, 1.165) is 49.4 Å². The standard InChI is InChI=1S/C30H31N5O5S2/c1-20-11-15-23(16-12-20)35-28(37)25-9-5-6-10-26(25)33-30(35)41-19-27(36)31-22-13-17-24(18-14-22)42(39,40)34-29(38)32-21-7-3-2-4-8-21/h5-6,9-18,21H,2-4,7-8,19H2,1H3,(H,31,36)(H2,32,34,38). The first-order valence-electron chi connectivity index (χ1n) is 13.6. The number of hydrogen-bond acceptors (Lipinski definition) is 7. The average molecular weight is 606 g/mol. The van der Waals surface area contributed by atoms with Gasteiger partial charge in [-0.2, -0.15) is 0 Å². The van der Waals surface area contributed by atoms with Crippen LogP contribution < -0.4 is 20.9 Å². The van der Waals surface area contributed by atoms with E-state index in [4.69, 9.17) is 0 Å². The fourth-order valence-corrected chi connectivity index (χ4v) is 6.55. The number of hydrogen-bond donors (Lipinski definition) is 3. The molecule has 1 aliphatic rings. The third kappa shape index (κ3) is 7.00. The second kappa shape index (κ2) is 12.8. The maximum Gasteiger partial charge on any atom is 0.328 e. The summed E-state index contributed by atoms with van der Waals surface area (Å²) in [5.74, 6) is -0.405. The number of benzene rings is 3. The Morgan fingerprint density at radius 3 is 2.36 bits per heavy atom. The SMILES string of the molecule is Cc1ccc(-n2c(SCC(=O)Nc3ccc(S(=O)(=O)NC(=O)NC4CCCCC4)cc3)nc3ccccc3c2=O)cc1. The predicted octanol–water partition coefficient (Wildman–Crippen LogP) is 4.75. The Balaban J connectivity index is 1.25. The summed E-state index contributed by atoms with van der Waals surface area (Å²) in [6.07, 6.45) is 4.81. The molecule has 3 N–H and O–H groups in total. The van der Waals surface area contributed by atoms with E-state index in [-0.39, 0.29) is 28.2 Å². The van der Waals surface area contributed by atoms with Gasteiger partial charge in [0.25, 0.3) is 15.6 Å². The highest BCUT2D eigenvalue weighted by Gasteiger charge is 2.21. The van der Waals surface area contributed by atoms with Crippen LogP contribution in [0.15, 0.2) is 87.6 Å². The van der Waals surface area contributed by atoms with Gasteiger partial charge in [-0.05, 0) is 68.3 Å². The maximum atomic E-state index is 13.4. The molecule has 42 heavy (non-hydrogen) atoms. The third-order valence-electron chi connectivity index (χ3n) is 6.99. The zero-order valence-corrected chi connectivity index (χ0v) is 24.6. The molecule has 5 rings (SSSR count). The minimum absolute atomic E-state index is 0.0270. The lowest BCUT2D eigenvalue weighted by molar-refractivity contribution is -0.113. The molecule has 218 valence electrons.